The van der Waals surface area contributed by atoms with Gasteiger partial charge in [-0.05, 0) is 31.9 Å². The third-order valence-corrected chi connectivity index (χ3v) is 4.60. The summed E-state index contributed by atoms with van der Waals surface area (Å²) in [5.41, 5.74) is 1.64. The Balaban J connectivity index is 2.52. The second kappa shape index (κ2) is 7.79. The number of anilines is 1. The number of carboxylic acid groups (broad SMARTS) is 1. The van der Waals surface area contributed by atoms with E-state index in [0.717, 1.165) is 5.56 Å². The highest BCUT2D eigenvalue weighted by Gasteiger charge is 2.20. The average Bonchev–Trinajstić information content (AvgIpc) is 2.39. The van der Waals surface area contributed by atoms with Crippen molar-refractivity contribution in [1.82, 2.24) is 0 Å². The third kappa shape index (κ3) is 5.13. The molecule has 2 N–H and O–H groups in total. The van der Waals surface area contributed by atoms with Crippen LogP contribution in [0.1, 0.15) is 25.3 Å². The van der Waals surface area contributed by atoms with Crippen molar-refractivity contribution >= 4 is 28.4 Å². The van der Waals surface area contributed by atoms with E-state index in [1.54, 1.807) is 13.0 Å². The fraction of sp³-hybridized carbons (Fsp3) is 0.429. The fourth-order valence-corrected chi connectivity index (χ4v) is 2.69. The molecule has 2 unspecified atom stereocenters. The summed E-state index contributed by atoms with van der Waals surface area (Å²) >= 11 is 0. The molecule has 0 bridgehead atoms. The highest BCUT2D eigenvalue weighted by molar-refractivity contribution is 7.86. The van der Waals surface area contributed by atoms with Gasteiger partial charge in [-0.3, -0.25) is 13.8 Å². The molecule has 0 heterocycles. The highest BCUT2D eigenvalue weighted by atomic mass is 32.2. The smallest absolute Gasteiger partial charge is 0.303 e. The molecule has 1 aromatic rings. The zero-order valence-corrected chi connectivity index (χ0v) is 12.4. The molecule has 2 atom stereocenters. The van der Waals surface area contributed by atoms with E-state index in [9.17, 15) is 13.8 Å². The quantitative estimate of drug-likeness (QED) is 0.805. The van der Waals surface area contributed by atoms with E-state index >= 15 is 0 Å². The summed E-state index contributed by atoms with van der Waals surface area (Å²) in [7, 11) is -1.37. The number of aryl methyl sites for hydroxylation is 1. The molecule has 110 valence electrons. The molecule has 0 fully saturated rings. The minimum atomic E-state index is -1.37. The third-order valence-electron chi connectivity index (χ3n) is 2.90. The minimum absolute atomic E-state index is 0.0299. The molecule has 1 aromatic carbocycles. The van der Waals surface area contributed by atoms with Crippen molar-refractivity contribution in [3.63, 3.8) is 0 Å². The molecular weight excluding hydrogens is 278 g/mol. The van der Waals surface area contributed by atoms with Gasteiger partial charge >= 0.3 is 5.97 Å². The summed E-state index contributed by atoms with van der Waals surface area (Å²) < 4.78 is 11.9. The first kappa shape index (κ1) is 16.4. The second-order valence-corrected chi connectivity index (χ2v) is 6.41. The van der Waals surface area contributed by atoms with Gasteiger partial charge in [-0.1, -0.05) is 18.2 Å². The van der Waals surface area contributed by atoms with Gasteiger partial charge in [0, 0.05) is 28.7 Å². The fourth-order valence-electron chi connectivity index (χ4n) is 1.61. The number of nitrogens with one attached hydrogen (secondary N) is 1. The Morgan fingerprint density at radius 3 is 2.60 bits per heavy atom. The van der Waals surface area contributed by atoms with Crippen LogP contribution in [0.25, 0.3) is 0 Å². The number of hydrogen-bond donors (Lipinski definition) is 2. The molecule has 0 saturated carbocycles. The summed E-state index contributed by atoms with van der Waals surface area (Å²) in [6.45, 7) is 3.47. The predicted octanol–water partition coefficient (Wildman–Crippen LogP) is 1.94. The maximum absolute atomic E-state index is 12.0. The zero-order chi connectivity index (χ0) is 15.1. The van der Waals surface area contributed by atoms with Gasteiger partial charge in [0.05, 0.1) is 0 Å². The monoisotopic (exact) mass is 297 g/mol. The standard InChI is InChI=1S/C14H19NO4S/c1-10-6-3-4-7-12(10)15-14(18)11(2)20(19)9-5-8-13(16)17/h3-4,6-7,11H,5,8-9H2,1-2H3,(H,15,18)(H,16,17). The number of hydrogen-bond acceptors (Lipinski definition) is 3. The summed E-state index contributed by atoms with van der Waals surface area (Å²) in [6.07, 6.45) is 0.280. The Labute approximate surface area is 120 Å². The normalized spacial score (nSPS) is 13.5. The van der Waals surface area contributed by atoms with Gasteiger partial charge in [-0.25, -0.2) is 0 Å². The van der Waals surface area contributed by atoms with E-state index in [0.29, 0.717) is 12.1 Å². The van der Waals surface area contributed by atoms with Crippen molar-refractivity contribution in [1.29, 1.82) is 0 Å². The van der Waals surface area contributed by atoms with Crippen LogP contribution < -0.4 is 5.32 Å². The van der Waals surface area contributed by atoms with Gasteiger partial charge in [-0.15, -0.1) is 0 Å². The molecular formula is C14H19NO4S. The molecule has 1 rings (SSSR count). The SMILES string of the molecule is Cc1ccccc1NC(=O)C(C)S(=O)CCCC(=O)O. The molecule has 0 aliphatic heterocycles. The lowest BCUT2D eigenvalue weighted by Gasteiger charge is -2.13. The van der Waals surface area contributed by atoms with Crippen molar-refractivity contribution < 1.29 is 18.9 Å². The molecule has 5 nitrogen and oxygen atoms in total. The summed E-state index contributed by atoms with van der Waals surface area (Å²) in [5, 5.41) is 10.6. The first-order chi connectivity index (χ1) is 9.41. The van der Waals surface area contributed by atoms with Gasteiger partial charge in [0.25, 0.3) is 0 Å². The molecule has 0 saturated heterocycles. The molecule has 20 heavy (non-hydrogen) atoms. The van der Waals surface area contributed by atoms with E-state index in [4.69, 9.17) is 5.11 Å². The van der Waals surface area contributed by atoms with Crippen molar-refractivity contribution in [2.75, 3.05) is 11.1 Å². The Morgan fingerprint density at radius 1 is 1.35 bits per heavy atom. The highest BCUT2D eigenvalue weighted by Crippen LogP contribution is 2.14. The number of amides is 1. The van der Waals surface area contributed by atoms with Gasteiger partial charge < -0.3 is 10.4 Å². The topological polar surface area (TPSA) is 83.5 Å². The lowest BCUT2D eigenvalue weighted by atomic mass is 10.2. The first-order valence-electron chi connectivity index (χ1n) is 6.37. The van der Waals surface area contributed by atoms with E-state index in [1.165, 1.54) is 0 Å². The Morgan fingerprint density at radius 2 is 2.00 bits per heavy atom. The number of rotatable bonds is 7. The lowest BCUT2D eigenvalue weighted by molar-refractivity contribution is -0.137. The Hall–Kier alpha value is -1.69. The molecule has 0 spiro atoms. The van der Waals surface area contributed by atoms with Gasteiger partial charge in [0.2, 0.25) is 5.91 Å². The molecule has 0 aliphatic carbocycles. The largest absolute Gasteiger partial charge is 0.481 e. The van der Waals surface area contributed by atoms with Crippen molar-refractivity contribution in [3.05, 3.63) is 29.8 Å². The van der Waals surface area contributed by atoms with Crippen LogP contribution in [0.4, 0.5) is 5.69 Å². The minimum Gasteiger partial charge on any atom is -0.481 e. The van der Waals surface area contributed by atoms with Crippen LogP contribution in [-0.2, 0) is 20.4 Å². The number of carbonyl (C=O) groups excluding carboxylic acids is 1. The predicted molar refractivity (Wildman–Crippen MR) is 79.1 cm³/mol. The Kier molecular flexibility index (Phi) is 6.38. The molecule has 0 aliphatic rings. The number of carbonyl (C=O) groups is 2. The van der Waals surface area contributed by atoms with Crippen molar-refractivity contribution in [3.8, 4) is 0 Å². The first-order valence-corrected chi connectivity index (χ1v) is 7.75. The van der Waals surface area contributed by atoms with Crippen molar-refractivity contribution in [2.45, 2.75) is 31.9 Å². The summed E-state index contributed by atoms with van der Waals surface area (Å²) in [6, 6.07) is 7.35. The van der Waals surface area contributed by atoms with Crippen LogP contribution in [0.3, 0.4) is 0 Å². The van der Waals surface area contributed by atoms with Gasteiger partial charge in [0.15, 0.2) is 0 Å². The molecule has 0 aromatic heterocycles. The van der Waals surface area contributed by atoms with Gasteiger partial charge in [0.1, 0.15) is 5.25 Å². The van der Waals surface area contributed by atoms with E-state index in [1.807, 2.05) is 25.1 Å². The lowest BCUT2D eigenvalue weighted by Crippen LogP contribution is -2.30. The number of carboxylic acids is 1. The number of benzene rings is 1. The van der Waals surface area contributed by atoms with Gasteiger partial charge in [-0.2, -0.15) is 0 Å². The number of aliphatic carboxylic acids is 1. The van der Waals surface area contributed by atoms with Crippen LogP contribution >= 0.6 is 0 Å². The molecule has 6 heteroatoms. The van der Waals surface area contributed by atoms with Crippen molar-refractivity contribution in [2.24, 2.45) is 0 Å². The second-order valence-electron chi connectivity index (χ2n) is 4.53. The molecule has 1 amide bonds. The van der Waals surface area contributed by atoms with Crippen LogP contribution in [0.15, 0.2) is 24.3 Å². The van der Waals surface area contributed by atoms with E-state index in [2.05, 4.69) is 5.32 Å². The Bertz CT molecular complexity index is 516. The van der Waals surface area contributed by atoms with Crippen LogP contribution in [0.2, 0.25) is 0 Å². The summed E-state index contributed by atoms with van der Waals surface area (Å²) in [5.74, 6) is -1.01. The maximum Gasteiger partial charge on any atom is 0.303 e. The van der Waals surface area contributed by atoms with Crippen LogP contribution in [0, 0.1) is 6.92 Å². The zero-order valence-electron chi connectivity index (χ0n) is 11.6. The summed E-state index contributed by atoms with van der Waals surface area (Å²) in [4.78, 5) is 22.4. The molecule has 0 radical (unpaired) electrons. The van der Waals surface area contributed by atoms with E-state index < -0.39 is 22.0 Å². The number of para-hydroxylation sites is 1. The average molecular weight is 297 g/mol. The maximum atomic E-state index is 12.0. The van der Waals surface area contributed by atoms with Crippen LogP contribution in [0.5, 0.6) is 0 Å². The van der Waals surface area contributed by atoms with E-state index in [-0.39, 0.29) is 18.1 Å². The van der Waals surface area contributed by atoms with Crippen LogP contribution in [-0.4, -0.2) is 32.2 Å².